The molecule has 2 heterocycles. The Morgan fingerprint density at radius 2 is 1.78 bits per heavy atom. The number of imidazole rings is 1. The number of anilines is 1. The van der Waals surface area contributed by atoms with E-state index in [1.807, 2.05) is 10.8 Å². The molecule has 1 aromatic carbocycles. The fourth-order valence-electron chi connectivity index (χ4n) is 4.52. The van der Waals surface area contributed by atoms with Crippen LogP contribution in [0.5, 0.6) is 0 Å². The average Bonchev–Trinajstić information content (AvgIpc) is 3.46. The van der Waals surface area contributed by atoms with Gasteiger partial charge in [0, 0.05) is 55.9 Å². The topological polar surface area (TPSA) is 96.3 Å². The Morgan fingerprint density at radius 1 is 1.03 bits per heavy atom. The van der Waals surface area contributed by atoms with Gasteiger partial charge in [-0.15, -0.1) is 0 Å². The quantitative estimate of drug-likeness (QED) is 0.591. The highest BCUT2D eigenvalue weighted by molar-refractivity contribution is 7.89. The van der Waals surface area contributed by atoms with Crippen LogP contribution in [0.4, 0.5) is 5.69 Å². The molecule has 4 rings (SSSR count). The Bertz CT molecular complexity index is 993. The molecule has 1 saturated heterocycles. The van der Waals surface area contributed by atoms with Crippen LogP contribution in [-0.2, 0) is 16.6 Å². The first kappa shape index (κ1) is 22.8. The predicted molar refractivity (Wildman–Crippen MR) is 124 cm³/mol. The maximum Gasteiger partial charge on any atom is 0.251 e. The van der Waals surface area contributed by atoms with Crippen LogP contribution in [0, 0.1) is 0 Å². The first-order valence-electron chi connectivity index (χ1n) is 11.7. The number of nitrogens with one attached hydrogen (secondary N) is 2. The highest BCUT2D eigenvalue weighted by Gasteiger charge is 2.28. The van der Waals surface area contributed by atoms with Gasteiger partial charge in [0.1, 0.15) is 0 Å². The van der Waals surface area contributed by atoms with Gasteiger partial charge in [0.05, 0.1) is 11.2 Å². The van der Waals surface area contributed by atoms with Gasteiger partial charge < -0.3 is 15.2 Å². The second-order valence-corrected chi connectivity index (χ2v) is 10.7. The van der Waals surface area contributed by atoms with Crippen molar-refractivity contribution in [3.05, 3.63) is 42.5 Å². The van der Waals surface area contributed by atoms with Crippen molar-refractivity contribution < 1.29 is 13.2 Å². The third kappa shape index (κ3) is 5.69. The van der Waals surface area contributed by atoms with Gasteiger partial charge in [-0.2, -0.15) is 4.31 Å². The maximum absolute atomic E-state index is 13.2. The first-order chi connectivity index (χ1) is 15.5. The molecule has 1 aliphatic heterocycles. The molecule has 0 unspecified atom stereocenters. The number of carbonyl (C=O) groups excluding carboxylic acids is 1. The monoisotopic (exact) mass is 459 g/mol. The van der Waals surface area contributed by atoms with E-state index in [1.165, 1.54) is 36.1 Å². The van der Waals surface area contributed by atoms with E-state index in [-0.39, 0.29) is 10.8 Å². The molecule has 174 valence electrons. The molecule has 2 aliphatic rings. The van der Waals surface area contributed by atoms with Gasteiger partial charge >= 0.3 is 0 Å². The van der Waals surface area contributed by atoms with Gasteiger partial charge in [0.25, 0.3) is 5.91 Å². The molecule has 9 heteroatoms. The number of sulfonamides is 1. The smallest absolute Gasteiger partial charge is 0.251 e. The third-order valence-corrected chi connectivity index (χ3v) is 8.19. The van der Waals surface area contributed by atoms with Crippen molar-refractivity contribution in [3.8, 4) is 0 Å². The van der Waals surface area contributed by atoms with E-state index in [0.29, 0.717) is 43.5 Å². The molecule has 1 aromatic heterocycles. The van der Waals surface area contributed by atoms with Crippen LogP contribution >= 0.6 is 0 Å². The molecule has 1 saturated carbocycles. The van der Waals surface area contributed by atoms with E-state index in [0.717, 1.165) is 25.7 Å². The van der Waals surface area contributed by atoms with Crippen molar-refractivity contribution >= 4 is 21.6 Å². The summed E-state index contributed by atoms with van der Waals surface area (Å²) in [6.45, 7) is 2.11. The third-order valence-electron chi connectivity index (χ3n) is 6.31. The number of rotatable bonds is 8. The van der Waals surface area contributed by atoms with Crippen LogP contribution in [0.2, 0.25) is 0 Å². The minimum atomic E-state index is -3.62. The van der Waals surface area contributed by atoms with Gasteiger partial charge in [0.15, 0.2) is 0 Å². The highest BCUT2D eigenvalue weighted by Crippen LogP contribution is 2.27. The van der Waals surface area contributed by atoms with Crippen molar-refractivity contribution in [2.45, 2.75) is 68.8 Å². The zero-order chi connectivity index (χ0) is 22.4. The van der Waals surface area contributed by atoms with E-state index in [1.54, 1.807) is 24.7 Å². The fraction of sp³-hybridized carbons (Fsp3) is 0.565. The Kier molecular flexibility index (Phi) is 7.47. The Labute approximate surface area is 190 Å². The molecule has 2 aromatic rings. The predicted octanol–water partition coefficient (Wildman–Crippen LogP) is 3.23. The average molecular weight is 460 g/mol. The molecule has 0 spiro atoms. The number of hydrogen-bond acceptors (Lipinski definition) is 5. The molecule has 2 fully saturated rings. The summed E-state index contributed by atoms with van der Waals surface area (Å²) in [4.78, 5) is 17.1. The van der Waals surface area contributed by atoms with Crippen LogP contribution in [0.1, 0.15) is 61.7 Å². The standard InChI is InChI=1S/C23H33N5O3S/c29-23(25-10-14-27-13-9-24-18-27)19-15-21(26-20-7-3-1-2-4-8-20)17-22(16-19)32(30,31)28-11-5-6-12-28/h9,13,15-18,20,26H,1-8,10-12,14H2,(H,25,29). The van der Waals surface area contributed by atoms with Crippen molar-refractivity contribution in [3.63, 3.8) is 0 Å². The van der Waals surface area contributed by atoms with Gasteiger partial charge in [-0.25, -0.2) is 13.4 Å². The number of hydrogen-bond donors (Lipinski definition) is 2. The summed E-state index contributed by atoms with van der Waals surface area (Å²) >= 11 is 0. The molecule has 1 amide bonds. The molecule has 0 bridgehead atoms. The van der Waals surface area contributed by atoms with Crippen molar-refractivity contribution in [2.75, 3.05) is 25.0 Å². The van der Waals surface area contributed by atoms with E-state index >= 15 is 0 Å². The minimum Gasteiger partial charge on any atom is -0.382 e. The van der Waals surface area contributed by atoms with Crippen LogP contribution in [-0.4, -0.2) is 53.9 Å². The molecular formula is C23H33N5O3S. The van der Waals surface area contributed by atoms with Crippen molar-refractivity contribution in [1.82, 2.24) is 19.2 Å². The Morgan fingerprint density at radius 3 is 2.47 bits per heavy atom. The fourth-order valence-corrected chi connectivity index (χ4v) is 6.11. The number of amides is 1. The van der Waals surface area contributed by atoms with Gasteiger partial charge in [-0.1, -0.05) is 25.7 Å². The van der Waals surface area contributed by atoms with Crippen LogP contribution in [0.25, 0.3) is 0 Å². The molecule has 32 heavy (non-hydrogen) atoms. The lowest BCUT2D eigenvalue weighted by Crippen LogP contribution is -2.30. The number of nitrogens with zero attached hydrogens (tertiary/aromatic N) is 3. The largest absolute Gasteiger partial charge is 0.382 e. The second-order valence-electron chi connectivity index (χ2n) is 8.75. The van der Waals surface area contributed by atoms with E-state index in [9.17, 15) is 13.2 Å². The van der Waals surface area contributed by atoms with E-state index in [4.69, 9.17) is 0 Å². The summed E-state index contributed by atoms with van der Waals surface area (Å²) in [6, 6.07) is 5.29. The van der Waals surface area contributed by atoms with Gasteiger partial charge in [0.2, 0.25) is 10.0 Å². The highest BCUT2D eigenvalue weighted by atomic mass is 32.2. The number of benzene rings is 1. The summed E-state index contributed by atoms with van der Waals surface area (Å²) in [5.74, 6) is -0.271. The normalized spacial score (nSPS) is 18.4. The summed E-state index contributed by atoms with van der Waals surface area (Å²) in [5, 5.41) is 6.42. The van der Waals surface area contributed by atoms with E-state index < -0.39 is 10.0 Å². The minimum absolute atomic E-state index is 0.192. The number of aromatic nitrogens is 2. The van der Waals surface area contributed by atoms with Gasteiger partial charge in [-0.05, 0) is 43.9 Å². The van der Waals surface area contributed by atoms with Crippen molar-refractivity contribution in [1.29, 1.82) is 0 Å². The lowest BCUT2D eigenvalue weighted by molar-refractivity contribution is 0.0952. The Balaban J connectivity index is 1.55. The lowest BCUT2D eigenvalue weighted by atomic mass is 10.1. The molecule has 1 aliphatic carbocycles. The SMILES string of the molecule is O=C(NCCn1ccnc1)c1cc(NC2CCCCCC2)cc(S(=O)(=O)N2CCCC2)c1. The molecule has 0 radical (unpaired) electrons. The zero-order valence-corrected chi connectivity index (χ0v) is 19.3. The second kappa shape index (κ2) is 10.5. The molecule has 2 N–H and O–H groups in total. The van der Waals surface area contributed by atoms with Crippen molar-refractivity contribution in [2.24, 2.45) is 0 Å². The summed E-state index contributed by atoms with van der Waals surface area (Å²) in [7, 11) is -3.62. The number of carbonyl (C=O) groups is 1. The van der Waals surface area contributed by atoms with Gasteiger partial charge in [-0.3, -0.25) is 4.79 Å². The summed E-state index contributed by atoms with van der Waals surface area (Å²) in [6.07, 6.45) is 13.9. The Hall–Kier alpha value is -2.39. The zero-order valence-electron chi connectivity index (χ0n) is 18.5. The lowest BCUT2D eigenvalue weighted by Gasteiger charge is -2.21. The molecule has 8 nitrogen and oxygen atoms in total. The summed E-state index contributed by atoms with van der Waals surface area (Å²) in [5.41, 5.74) is 1.07. The van der Waals surface area contributed by atoms with Crippen LogP contribution < -0.4 is 10.6 Å². The molecule has 0 atom stereocenters. The van der Waals surface area contributed by atoms with Crippen LogP contribution in [0.15, 0.2) is 41.8 Å². The van der Waals surface area contributed by atoms with Crippen LogP contribution in [0.3, 0.4) is 0 Å². The molecular weight excluding hydrogens is 426 g/mol. The first-order valence-corrected chi connectivity index (χ1v) is 13.1. The van der Waals surface area contributed by atoms with E-state index in [2.05, 4.69) is 15.6 Å². The summed E-state index contributed by atoms with van der Waals surface area (Å²) < 4.78 is 29.9. The maximum atomic E-state index is 13.2.